The average Bonchev–Trinajstić information content (AvgIpc) is 3.09. The second kappa shape index (κ2) is 9.27. The van der Waals surface area contributed by atoms with E-state index in [2.05, 4.69) is 27.7 Å². The van der Waals surface area contributed by atoms with Gasteiger partial charge in [0, 0.05) is 26.4 Å². The predicted molar refractivity (Wildman–Crippen MR) is 92.9 cm³/mol. The first-order chi connectivity index (χ1) is 11.6. The van der Waals surface area contributed by atoms with Crippen molar-refractivity contribution in [2.75, 3.05) is 33.3 Å². The summed E-state index contributed by atoms with van der Waals surface area (Å²) in [4.78, 5) is 25.2. The molecule has 2 N–H and O–H groups in total. The van der Waals surface area contributed by atoms with Crippen LogP contribution in [0.3, 0.4) is 0 Å². The molecule has 1 saturated heterocycles. The number of benzene rings is 1. The van der Waals surface area contributed by atoms with Gasteiger partial charge < -0.3 is 15.4 Å². The van der Waals surface area contributed by atoms with Crippen molar-refractivity contribution in [1.82, 2.24) is 15.5 Å². The lowest BCUT2D eigenvalue weighted by atomic mass is 10.1. The van der Waals surface area contributed by atoms with Crippen molar-refractivity contribution >= 4 is 11.8 Å². The Morgan fingerprint density at radius 1 is 1.17 bits per heavy atom. The number of nitrogens with zero attached hydrogens (tertiary/aromatic N) is 1. The van der Waals surface area contributed by atoms with Crippen molar-refractivity contribution in [3.8, 4) is 5.75 Å². The maximum atomic E-state index is 12.0. The number of methoxy groups -OCH3 is 1. The van der Waals surface area contributed by atoms with Crippen LogP contribution in [0.1, 0.15) is 37.8 Å². The van der Waals surface area contributed by atoms with E-state index in [1.165, 1.54) is 25.3 Å². The lowest BCUT2D eigenvalue weighted by Crippen LogP contribution is -2.37. The Kier molecular flexibility index (Phi) is 7.06. The number of ether oxygens (including phenoxy) is 1. The zero-order chi connectivity index (χ0) is 17.4. The van der Waals surface area contributed by atoms with Gasteiger partial charge in [0.05, 0.1) is 13.2 Å². The van der Waals surface area contributed by atoms with E-state index in [-0.39, 0.29) is 17.9 Å². The molecule has 0 aromatic heterocycles. The van der Waals surface area contributed by atoms with Crippen molar-refractivity contribution in [1.29, 1.82) is 0 Å². The number of amides is 2. The number of likely N-dealkylation sites (tertiary alicyclic amines) is 1. The molecule has 1 atom stereocenters. The first-order valence-electron chi connectivity index (χ1n) is 8.49. The van der Waals surface area contributed by atoms with Gasteiger partial charge in [-0.3, -0.25) is 14.5 Å². The summed E-state index contributed by atoms with van der Waals surface area (Å²) >= 11 is 0. The standard InChI is InChI=1S/C18H27N3O3/c1-14(22)19-10-9-18(23)20-13-17(21-11-3-4-12-21)15-5-7-16(24-2)8-6-15/h5-8,17H,3-4,9-13H2,1-2H3,(H,19,22)(H,20,23). The highest BCUT2D eigenvalue weighted by Crippen LogP contribution is 2.26. The normalized spacial score (nSPS) is 15.8. The Bertz CT molecular complexity index is 539. The van der Waals surface area contributed by atoms with Gasteiger partial charge in [0.15, 0.2) is 0 Å². The van der Waals surface area contributed by atoms with Gasteiger partial charge in [-0.2, -0.15) is 0 Å². The zero-order valence-electron chi connectivity index (χ0n) is 14.5. The number of hydrogen-bond donors (Lipinski definition) is 2. The van der Waals surface area contributed by atoms with Gasteiger partial charge in [-0.25, -0.2) is 0 Å². The van der Waals surface area contributed by atoms with Crippen molar-refractivity contribution in [3.63, 3.8) is 0 Å². The lowest BCUT2D eigenvalue weighted by molar-refractivity contribution is -0.121. The Morgan fingerprint density at radius 3 is 2.42 bits per heavy atom. The van der Waals surface area contributed by atoms with Crippen LogP contribution in [0.25, 0.3) is 0 Å². The molecule has 0 spiro atoms. The molecular weight excluding hydrogens is 306 g/mol. The summed E-state index contributed by atoms with van der Waals surface area (Å²) in [5.41, 5.74) is 1.18. The van der Waals surface area contributed by atoms with Crippen LogP contribution in [-0.4, -0.2) is 50.0 Å². The predicted octanol–water partition coefficient (Wildman–Crippen LogP) is 1.47. The van der Waals surface area contributed by atoms with Crippen LogP contribution in [0.5, 0.6) is 5.75 Å². The summed E-state index contributed by atoms with van der Waals surface area (Å²) in [5, 5.41) is 5.64. The van der Waals surface area contributed by atoms with Gasteiger partial charge in [0.2, 0.25) is 11.8 Å². The summed E-state index contributed by atoms with van der Waals surface area (Å²) in [6.07, 6.45) is 2.70. The van der Waals surface area contributed by atoms with Crippen molar-refractivity contribution in [3.05, 3.63) is 29.8 Å². The molecule has 2 rings (SSSR count). The number of rotatable bonds is 8. The molecule has 0 bridgehead atoms. The number of carbonyl (C=O) groups excluding carboxylic acids is 2. The van der Waals surface area contributed by atoms with Gasteiger partial charge >= 0.3 is 0 Å². The Balaban J connectivity index is 1.93. The molecule has 132 valence electrons. The lowest BCUT2D eigenvalue weighted by Gasteiger charge is -2.28. The molecule has 1 fully saturated rings. The Labute approximate surface area is 143 Å². The minimum absolute atomic E-state index is 0.0403. The fourth-order valence-corrected chi connectivity index (χ4v) is 2.99. The van der Waals surface area contributed by atoms with Crippen molar-refractivity contribution < 1.29 is 14.3 Å². The maximum Gasteiger partial charge on any atom is 0.221 e. The van der Waals surface area contributed by atoms with E-state index in [1.807, 2.05) is 12.1 Å². The van der Waals surface area contributed by atoms with E-state index in [0.29, 0.717) is 19.5 Å². The highest BCUT2D eigenvalue weighted by atomic mass is 16.5. The fraction of sp³-hybridized carbons (Fsp3) is 0.556. The number of hydrogen-bond acceptors (Lipinski definition) is 4. The highest BCUT2D eigenvalue weighted by molar-refractivity contribution is 5.77. The molecule has 0 aliphatic carbocycles. The van der Waals surface area contributed by atoms with E-state index in [0.717, 1.165) is 18.8 Å². The second-order valence-electron chi connectivity index (χ2n) is 6.07. The van der Waals surface area contributed by atoms with Crippen LogP contribution < -0.4 is 15.4 Å². The summed E-state index contributed by atoms with van der Waals surface area (Å²) in [5.74, 6) is 0.677. The average molecular weight is 333 g/mol. The molecule has 2 amide bonds. The fourth-order valence-electron chi connectivity index (χ4n) is 2.99. The minimum Gasteiger partial charge on any atom is -0.497 e. The van der Waals surface area contributed by atoms with Crippen LogP contribution >= 0.6 is 0 Å². The molecule has 0 saturated carbocycles. The van der Waals surface area contributed by atoms with E-state index in [4.69, 9.17) is 4.74 Å². The number of nitrogens with one attached hydrogen (secondary N) is 2. The monoisotopic (exact) mass is 333 g/mol. The smallest absolute Gasteiger partial charge is 0.221 e. The van der Waals surface area contributed by atoms with Gasteiger partial charge in [-0.05, 0) is 43.6 Å². The molecule has 1 aliphatic rings. The van der Waals surface area contributed by atoms with Crippen LogP contribution in [0.2, 0.25) is 0 Å². The maximum absolute atomic E-state index is 12.0. The van der Waals surface area contributed by atoms with Crippen LogP contribution in [0, 0.1) is 0 Å². The van der Waals surface area contributed by atoms with Gasteiger partial charge in [0.1, 0.15) is 5.75 Å². The first-order valence-corrected chi connectivity index (χ1v) is 8.49. The summed E-state index contributed by atoms with van der Waals surface area (Å²) < 4.78 is 5.22. The molecule has 0 radical (unpaired) electrons. The van der Waals surface area contributed by atoms with Gasteiger partial charge in [0.25, 0.3) is 0 Å². The van der Waals surface area contributed by atoms with Crippen molar-refractivity contribution in [2.24, 2.45) is 0 Å². The molecular formula is C18H27N3O3. The summed E-state index contributed by atoms with van der Waals surface area (Å²) in [7, 11) is 1.66. The third kappa shape index (κ3) is 5.53. The van der Waals surface area contributed by atoms with Crippen LogP contribution in [-0.2, 0) is 9.59 Å². The molecule has 1 aromatic carbocycles. The van der Waals surface area contributed by atoms with Crippen molar-refractivity contribution in [2.45, 2.75) is 32.2 Å². The third-order valence-corrected chi connectivity index (χ3v) is 4.30. The molecule has 24 heavy (non-hydrogen) atoms. The third-order valence-electron chi connectivity index (χ3n) is 4.30. The molecule has 6 nitrogen and oxygen atoms in total. The number of carbonyl (C=O) groups is 2. The Morgan fingerprint density at radius 2 is 1.83 bits per heavy atom. The highest BCUT2D eigenvalue weighted by Gasteiger charge is 2.23. The Hall–Kier alpha value is -2.08. The molecule has 1 unspecified atom stereocenters. The SMILES string of the molecule is COc1ccc(C(CNC(=O)CCNC(C)=O)N2CCCC2)cc1. The molecule has 1 aromatic rings. The van der Waals surface area contributed by atoms with E-state index in [9.17, 15) is 9.59 Å². The topological polar surface area (TPSA) is 70.7 Å². The van der Waals surface area contributed by atoms with E-state index < -0.39 is 0 Å². The van der Waals surface area contributed by atoms with Crippen LogP contribution in [0.15, 0.2) is 24.3 Å². The van der Waals surface area contributed by atoms with E-state index in [1.54, 1.807) is 7.11 Å². The first kappa shape index (κ1) is 18.3. The summed E-state index contributed by atoms with van der Waals surface area (Å²) in [6.45, 7) is 4.51. The molecule has 1 aliphatic heterocycles. The molecule has 1 heterocycles. The second-order valence-corrected chi connectivity index (χ2v) is 6.07. The van der Waals surface area contributed by atoms with E-state index >= 15 is 0 Å². The zero-order valence-corrected chi connectivity index (χ0v) is 14.5. The van der Waals surface area contributed by atoms with Crippen LogP contribution in [0.4, 0.5) is 0 Å². The van der Waals surface area contributed by atoms with Gasteiger partial charge in [-0.1, -0.05) is 12.1 Å². The molecule has 6 heteroatoms. The largest absolute Gasteiger partial charge is 0.497 e. The van der Waals surface area contributed by atoms with Gasteiger partial charge in [-0.15, -0.1) is 0 Å². The quantitative estimate of drug-likeness (QED) is 0.756. The minimum atomic E-state index is -0.115. The summed E-state index contributed by atoms with van der Waals surface area (Å²) in [6, 6.07) is 8.20.